The highest BCUT2D eigenvalue weighted by Gasteiger charge is 2.14. The van der Waals surface area contributed by atoms with Crippen LogP contribution < -0.4 is 0 Å². The van der Waals surface area contributed by atoms with Crippen LogP contribution in [-0.2, 0) is 0 Å². The quantitative estimate of drug-likeness (QED) is 0.422. The zero-order chi connectivity index (χ0) is 8.20. The average Bonchev–Trinajstić information content (AvgIpc) is 1.80. The molecule has 0 bridgehead atoms. The van der Waals surface area contributed by atoms with E-state index in [0.29, 0.717) is 0 Å². The highest BCUT2D eigenvalue weighted by atomic mass is 15.2. The zero-order valence-corrected chi connectivity index (χ0v) is 7.26. The van der Waals surface area contributed by atoms with Crippen molar-refractivity contribution in [2.75, 3.05) is 7.05 Å². The molecule has 0 atom stereocenters. The summed E-state index contributed by atoms with van der Waals surface area (Å²) in [5.74, 6) is 0. The van der Waals surface area contributed by atoms with Gasteiger partial charge in [0.2, 0.25) is 0 Å². The highest BCUT2D eigenvalue weighted by Crippen LogP contribution is 2.10. The Hall–Kier alpha value is -0.790. The molecule has 0 fully saturated rings. The summed E-state index contributed by atoms with van der Waals surface area (Å²) in [7, 11) is 1.75. The molecule has 10 heavy (non-hydrogen) atoms. The van der Waals surface area contributed by atoms with E-state index in [1.165, 1.54) is 0 Å². The van der Waals surface area contributed by atoms with Gasteiger partial charge in [0.25, 0.3) is 0 Å². The summed E-state index contributed by atoms with van der Waals surface area (Å²) in [6.07, 6.45) is 3.54. The van der Waals surface area contributed by atoms with E-state index in [2.05, 4.69) is 32.3 Å². The topological polar surface area (TPSA) is 15.6 Å². The minimum absolute atomic E-state index is 0.0846. The van der Waals surface area contributed by atoms with Crippen molar-refractivity contribution >= 4 is 6.34 Å². The first kappa shape index (κ1) is 9.21. The molecule has 58 valence electrons. The van der Waals surface area contributed by atoms with Crippen LogP contribution in [0.25, 0.3) is 0 Å². The summed E-state index contributed by atoms with van der Waals surface area (Å²) in [6.45, 7) is 10.0. The highest BCUT2D eigenvalue weighted by molar-refractivity contribution is 5.57. The molecule has 0 aromatic heterocycles. The molecule has 0 spiro atoms. The average molecular weight is 140 g/mol. The lowest BCUT2D eigenvalue weighted by Gasteiger charge is -2.30. The molecule has 0 aliphatic heterocycles. The normalized spacial score (nSPS) is 12.0. The minimum atomic E-state index is 0.0846. The van der Waals surface area contributed by atoms with Gasteiger partial charge in [-0.2, -0.15) is 0 Å². The summed E-state index contributed by atoms with van der Waals surface area (Å²) < 4.78 is 0. The Labute approximate surface area is 63.3 Å². The molecule has 0 aliphatic carbocycles. The first-order valence-corrected chi connectivity index (χ1v) is 3.35. The molecule has 0 radical (unpaired) electrons. The third kappa shape index (κ3) is 2.67. The number of nitrogens with zero attached hydrogens (tertiary/aromatic N) is 2. The van der Waals surface area contributed by atoms with Gasteiger partial charge in [-0.15, -0.1) is 0 Å². The maximum atomic E-state index is 3.90. The zero-order valence-electron chi connectivity index (χ0n) is 7.26. The Morgan fingerprint density at radius 3 is 2.00 bits per heavy atom. The van der Waals surface area contributed by atoms with E-state index >= 15 is 0 Å². The van der Waals surface area contributed by atoms with Gasteiger partial charge in [0.15, 0.2) is 0 Å². The Morgan fingerprint density at radius 1 is 1.40 bits per heavy atom. The van der Waals surface area contributed by atoms with Gasteiger partial charge in [0.1, 0.15) is 0 Å². The predicted molar refractivity (Wildman–Crippen MR) is 46.2 cm³/mol. The van der Waals surface area contributed by atoms with Gasteiger partial charge in [-0.25, -0.2) is 0 Å². The number of aliphatic imine (C=N–C) groups is 1. The van der Waals surface area contributed by atoms with Crippen LogP contribution in [0.2, 0.25) is 0 Å². The molecular weight excluding hydrogens is 124 g/mol. The molecule has 0 amide bonds. The largest absolute Gasteiger partial charge is 0.335 e. The van der Waals surface area contributed by atoms with E-state index in [4.69, 9.17) is 0 Å². The molecule has 0 unspecified atom stereocenters. The SMILES string of the molecule is C=CN(/C=N\C)C(C)(C)C. The molecule has 0 aromatic carbocycles. The standard InChI is InChI=1S/C8H16N2/c1-6-10(7-9-5)8(2,3)4/h6-7H,1H2,2-5H3/b9-7-. The third-order valence-corrected chi connectivity index (χ3v) is 1.21. The Bertz CT molecular complexity index is 131. The lowest BCUT2D eigenvalue weighted by Crippen LogP contribution is -2.35. The van der Waals surface area contributed by atoms with Crippen molar-refractivity contribution in [1.82, 2.24) is 4.90 Å². The monoisotopic (exact) mass is 140 g/mol. The molecule has 0 aromatic rings. The molecular formula is C8H16N2. The second-order valence-electron chi connectivity index (χ2n) is 3.13. The van der Waals surface area contributed by atoms with Gasteiger partial charge in [-0.1, -0.05) is 6.58 Å². The molecule has 0 saturated carbocycles. The van der Waals surface area contributed by atoms with E-state index in [1.807, 2.05) is 4.90 Å². The van der Waals surface area contributed by atoms with Gasteiger partial charge >= 0.3 is 0 Å². The minimum Gasteiger partial charge on any atom is -0.335 e. The van der Waals surface area contributed by atoms with Crippen LogP contribution in [-0.4, -0.2) is 23.8 Å². The fourth-order valence-corrected chi connectivity index (χ4v) is 0.619. The number of hydrogen-bond acceptors (Lipinski definition) is 1. The summed E-state index contributed by atoms with van der Waals surface area (Å²) in [6, 6.07) is 0. The van der Waals surface area contributed by atoms with Crippen molar-refractivity contribution < 1.29 is 0 Å². The Kier molecular flexibility index (Phi) is 3.13. The predicted octanol–water partition coefficient (Wildman–Crippen LogP) is 1.89. The van der Waals surface area contributed by atoms with Crippen molar-refractivity contribution in [2.45, 2.75) is 26.3 Å². The first-order valence-electron chi connectivity index (χ1n) is 3.35. The number of rotatable bonds is 2. The van der Waals surface area contributed by atoms with Gasteiger partial charge in [0, 0.05) is 12.6 Å². The molecule has 0 rings (SSSR count). The summed E-state index contributed by atoms with van der Waals surface area (Å²) in [5.41, 5.74) is 0.0846. The second kappa shape index (κ2) is 3.40. The molecule has 2 nitrogen and oxygen atoms in total. The molecule has 0 saturated heterocycles. The molecule has 0 N–H and O–H groups in total. The maximum absolute atomic E-state index is 3.90. The lowest BCUT2D eigenvalue weighted by atomic mass is 10.1. The van der Waals surface area contributed by atoms with Gasteiger partial charge in [-0.3, -0.25) is 4.99 Å². The molecule has 2 heteroatoms. The van der Waals surface area contributed by atoms with Gasteiger partial charge in [-0.05, 0) is 27.0 Å². The van der Waals surface area contributed by atoms with Crippen molar-refractivity contribution in [3.05, 3.63) is 12.8 Å². The summed E-state index contributed by atoms with van der Waals surface area (Å²) in [4.78, 5) is 5.87. The van der Waals surface area contributed by atoms with Crippen molar-refractivity contribution in [1.29, 1.82) is 0 Å². The smallest absolute Gasteiger partial charge is 0.0890 e. The van der Waals surface area contributed by atoms with E-state index in [9.17, 15) is 0 Å². The van der Waals surface area contributed by atoms with Crippen molar-refractivity contribution in [3.8, 4) is 0 Å². The first-order chi connectivity index (χ1) is 4.52. The van der Waals surface area contributed by atoms with Gasteiger partial charge in [0.05, 0.1) is 6.34 Å². The molecule has 0 aliphatic rings. The third-order valence-electron chi connectivity index (χ3n) is 1.21. The lowest BCUT2D eigenvalue weighted by molar-refractivity contribution is 0.320. The van der Waals surface area contributed by atoms with Crippen LogP contribution in [0.5, 0.6) is 0 Å². The van der Waals surface area contributed by atoms with Crippen molar-refractivity contribution in [3.63, 3.8) is 0 Å². The van der Waals surface area contributed by atoms with E-state index in [0.717, 1.165) is 0 Å². The van der Waals surface area contributed by atoms with Crippen LogP contribution in [0.4, 0.5) is 0 Å². The number of hydrogen-bond donors (Lipinski definition) is 0. The van der Waals surface area contributed by atoms with E-state index < -0.39 is 0 Å². The van der Waals surface area contributed by atoms with Crippen LogP contribution in [0.3, 0.4) is 0 Å². The van der Waals surface area contributed by atoms with E-state index in [-0.39, 0.29) is 5.54 Å². The summed E-state index contributed by atoms with van der Waals surface area (Å²) >= 11 is 0. The maximum Gasteiger partial charge on any atom is 0.0890 e. The second-order valence-corrected chi connectivity index (χ2v) is 3.13. The van der Waals surface area contributed by atoms with Crippen LogP contribution in [0, 0.1) is 0 Å². The van der Waals surface area contributed by atoms with Crippen LogP contribution in [0.15, 0.2) is 17.8 Å². The fourth-order valence-electron chi connectivity index (χ4n) is 0.619. The van der Waals surface area contributed by atoms with Crippen LogP contribution >= 0.6 is 0 Å². The van der Waals surface area contributed by atoms with Crippen LogP contribution in [0.1, 0.15) is 20.8 Å². The molecule has 0 heterocycles. The Morgan fingerprint density at radius 2 is 1.90 bits per heavy atom. The summed E-state index contributed by atoms with van der Waals surface area (Å²) in [5, 5.41) is 0. The van der Waals surface area contributed by atoms with Gasteiger partial charge < -0.3 is 4.90 Å². The van der Waals surface area contributed by atoms with Crippen molar-refractivity contribution in [2.24, 2.45) is 4.99 Å². The van der Waals surface area contributed by atoms with E-state index in [1.54, 1.807) is 19.6 Å². The Balaban J connectivity index is 4.21. The fraction of sp³-hybridized carbons (Fsp3) is 0.625.